The third-order valence-corrected chi connectivity index (χ3v) is 6.88. The topological polar surface area (TPSA) is 142 Å². The van der Waals surface area contributed by atoms with Crippen molar-refractivity contribution in [3.8, 4) is 0 Å². The Labute approximate surface area is 104 Å². The summed E-state index contributed by atoms with van der Waals surface area (Å²) in [6.45, 7) is 0.543. The molecule has 0 aliphatic heterocycles. The van der Waals surface area contributed by atoms with Crippen LogP contribution in [0.4, 0.5) is 0 Å². The van der Waals surface area contributed by atoms with E-state index in [9.17, 15) is 28.8 Å². The van der Waals surface area contributed by atoms with Crippen LogP contribution in [0, 0.1) is 0 Å². The molecule has 0 aliphatic carbocycles. The molecule has 108 valence electrons. The molecular formula is C7H17NO8P2. The summed E-state index contributed by atoms with van der Waals surface area (Å²) in [6.07, 6.45) is 0.0293. The van der Waals surface area contributed by atoms with Gasteiger partial charge in [-0.1, -0.05) is 6.92 Å². The molecule has 0 aromatic rings. The van der Waals surface area contributed by atoms with Gasteiger partial charge in [-0.15, -0.1) is 0 Å². The van der Waals surface area contributed by atoms with Gasteiger partial charge in [0.05, 0.1) is 6.54 Å². The maximum absolute atomic E-state index is 11.6. The molecule has 18 heavy (non-hydrogen) atoms. The summed E-state index contributed by atoms with van der Waals surface area (Å²) in [5.41, 5.74) is 0. The Kier molecular flexibility index (Phi) is 6.16. The average molecular weight is 305 g/mol. The van der Waals surface area contributed by atoms with Gasteiger partial charge >= 0.3 is 15.2 Å². The molecule has 0 rings (SSSR count). The maximum atomic E-state index is 11.6. The van der Waals surface area contributed by atoms with Crippen molar-refractivity contribution >= 4 is 21.1 Å². The lowest BCUT2D eigenvalue weighted by molar-refractivity contribution is -0.121. The highest BCUT2D eigenvalue weighted by atomic mass is 31.2. The van der Waals surface area contributed by atoms with Gasteiger partial charge in [0.15, 0.2) is 0 Å². The number of carbonyl (C=O) groups excluding carboxylic acids is 1. The van der Waals surface area contributed by atoms with Crippen LogP contribution in [-0.4, -0.2) is 46.6 Å². The van der Waals surface area contributed by atoms with E-state index in [1.807, 2.05) is 5.32 Å². The van der Waals surface area contributed by atoms with Crippen LogP contribution < -0.4 is 5.32 Å². The fraction of sp³-hybridized carbons (Fsp3) is 0.857. The van der Waals surface area contributed by atoms with Gasteiger partial charge < -0.3 is 29.3 Å². The Morgan fingerprint density at radius 2 is 1.61 bits per heavy atom. The first-order valence-electron chi connectivity index (χ1n) is 4.84. The molecule has 0 bridgehead atoms. The van der Waals surface area contributed by atoms with Crippen LogP contribution in [0.25, 0.3) is 0 Å². The first kappa shape index (κ1) is 17.7. The highest BCUT2D eigenvalue weighted by Gasteiger charge is 2.61. The monoisotopic (exact) mass is 305 g/mol. The molecule has 9 nitrogen and oxygen atoms in total. The fourth-order valence-electron chi connectivity index (χ4n) is 0.994. The maximum Gasteiger partial charge on any atom is 0.373 e. The second-order valence-corrected chi connectivity index (χ2v) is 7.95. The molecule has 0 saturated heterocycles. The van der Waals surface area contributed by atoms with Crippen LogP contribution in [0.15, 0.2) is 0 Å². The molecule has 0 aromatic carbocycles. The smallest absolute Gasteiger partial charge is 0.366 e. The SMILES string of the molecule is CCC(=O)NCC(O)(P(=O)(O)OC)P(=O)(O)OC. The van der Waals surface area contributed by atoms with Crippen molar-refractivity contribution < 1.29 is 37.9 Å². The van der Waals surface area contributed by atoms with E-state index in [2.05, 4.69) is 9.05 Å². The largest absolute Gasteiger partial charge is 0.373 e. The number of rotatable bonds is 7. The molecule has 2 atom stereocenters. The lowest BCUT2D eigenvalue weighted by Crippen LogP contribution is -2.43. The van der Waals surface area contributed by atoms with E-state index in [1.165, 1.54) is 6.92 Å². The molecular weight excluding hydrogens is 288 g/mol. The third kappa shape index (κ3) is 3.39. The Morgan fingerprint density at radius 1 is 1.22 bits per heavy atom. The number of aliphatic hydroxyl groups is 1. The number of hydrogen-bond donors (Lipinski definition) is 4. The summed E-state index contributed by atoms with van der Waals surface area (Å²) in [4.78, 5) is 29.9. The highest BCUT2D eigenvalue weighted by molar-refractivity contribution is 7.73. The number of carbonyl (C=O) groups is 1. The van der Waals surface area contributed by atoms with E-state index in [0.29, 0.717) is 0 Å². The van der Waals surface area contributed by atoms with E-state index in [-0.39, 0.29) is 6.42 Å². The van der Waals surface area contributed by atoms with Gasteiger partial charge in [-0.25, -0.2) is 0 Å². The average Bonchev–Trinajstić information content (AvgIpc) is 2.34. The molecule has 0 radical (unpaired) electrons. The standard InChI is InChI=1S/C7H17NO8P2/c1-4-6(9)8-5-7(10,17(11,12)15-2)18(13,14)16-3/h10H,4-5H2,1-3H3,(H,8,9)(H,11,12)(H,13,14). The lowest BCUT2D eigenvalue weighted by atomic mass is 10.4. The van der Waals surface area contributed by atoms with Crippen LogP contribution in [-0.2, 0) is 23.0 Å². The van der Waals surface area contributed by atoms with E-state index in [0.717, 1.165) is 14.2 Å². The molecule has 0 fully saturated rings. The molecule has 4 N–H and O–H groups in total. The summed E-state index contributed by atoms with van der Waals surface area (Å²) in [7, 11) is -8.23. The molecule has 1 amide bonds. The summed E-state index contributed by atoms with van der Waals surface area (Å²) in [5, 5.41) is 8.83. The minimum atomic E-state index is -4.90. The second-order valence-electron chi connectivity index (χ2n) is 3.31. The highest BCUT2D eigenvalue weighted by Crippen LogP contribution is 2.71. The lowest BCUT2D eigenvalue weighted by Gasteiger charge is -2.32. The molecule has 11 heteroatoms. The van der Waals surface area contributed by atoms with Crippen LogP contribution in [0.3, 0.4) is 0 Å². The van der Waals surface area contributed by atoms with Gasteiger partial charge in [-0.3, -0.25) is 13.9 Å². The summed E-state index contributed by atoms with van der Waals surface area (Å²) in [5.74, 6) is -0.583. The molecule has 0 saturated carbocycles. The number of nitrogens with one attached hydrogen (secondary N) is 1. The molecule has 0 aliphatic rings. The van der Waals surface area contributed by atoms with E-state index >= 15 is 0 Å². The number of hydrogen-bond acceptors (Lipinski definition) is 6. The van der Waals surface area contributed by atoms with E-state index in [4.69, 9.17) is 0 Å². The molecule has 2 unspecified atom stereocenters. The van der Waals surface area contributed by atoms with Crippen LogP contribution >= 0.6 is 15.2 Å². The van der Waals surface area contributed by atoms with Gasteiger partial charge in [0, 0.05) is 20.6 Å². The minimum absolute atomic E-state index is 0.0293. The minimum Gasteiger partial charge on any atom is -0.366 e. The number of amides is 1. The summed E-state index contributed by atoms with van der Waals surface area (Å²) < 4.78 is 31.6. The normalized spacial score (nSPS) is 21.4. The van der Waals surface area contributed by atoms with Crippen molar-refractivity contribution in [2.45, 2.75) is 18.4 Å². The Bertz CT molecular complexity index is 373. The van der Waals surface area contributed by atoms with Gasteiger partial charge in [0.1, 0.15) is 0 Å². The van der Waals surface area contributed by atoms with Crippen molar-refractivity contribution in [2.24, 2.45) is 0 Å². The van der Waals surface area contributed by atoms with Crippen LogP contribution in [0.2, 0.25) is 0 Å². The van der Waals surface area contributed by atoms with Crippen LogP contribution in [0.1, 0.15) is 13.3 Å². The molecule has 0 aromatic heterocycles. The zero-order valence-corrected chi connectivity index (χ0v) is 12.0. The first-order valence-corrected chi connectivity index (χ1v) is 7.99. The molecule has 0 spiro atoms. The van der Waals surface area contributed by atoms with Gasteiger partial charge in [-0.05, 0) is 0 Å². The zero-order valence-electron chi connectivity index (χ0n) is 10.2. The van der Waals surface area contributed by atoms with Gasteiger partial charge in [0.2, 0.25) is 5.91 Å². The fourth-order valence-corrected chi connectivity index (χ4v) is 3.90. The van der Waals surface area contributed by atoms with E-state index < -0.39 is 32.7 Å². The summed E-state index contributed by atoms with van der Waals surface area (Å²) in [6, 6.07) is 0. The van der Waals surface area contributed by atoms with Crippen molar-refractivity contribution in [3.05, 3.63) is 0 Å². The van der Waals surface area contributed by atoms with E-state index in [1.54, 1.807) is 0 Å². The third-order valence-electron chi connectivity index (χ3n) is 2.24. The predicted octanol–water partition coefficient (Wildman–Crippen LogP) is -0.178. The predicted molar refractivity (Wildman–Crippen MR) is 61.9 cm³/mol. The van der Waals surface area contributed by atoms with Crippen molar-refractivity contribution in [2.75, 3.05) is 20.8 Å². The quantitative estimate of drug-likeness (QED) is 0.474. The van der Waals surface area contributed by atoms with Crippen molar-refractivity contribution in [3.63, 3.8) is 0 Å². The Hall–Kier alpha value is -0.270. The van der Waals surface area contributed by atoms with Crippen molar-refractivity contribution in [1.29, 1.82) is 0 Å². The second kappa shape index (κ2) is 6.25. The summed E-state index contributed by atoms with van der Waals surface area (Å²) >= 11 is 0. The Morgan fingerprint density at radius 3 is 1.89 bits per heavy atom. The Balaban J connectivity index is 5.38. The van der Waals surface area contributed by atoms with Gasteiger partial charge in [0.25, 0.3) is 5.08 Å². The van der Waals surface area contributed by atoms with Crippen molar-refractivity contribution in [1.82, 2.24) is 5.32 Å². The zero-order chi connectivity index (χ0) is 14.6. The van der Waals surface area contributed by atoms with Gasteiger partial charge in [-0.2, -0.15) is 0 Å². The molecule has 0 heterocycles. The van der Waals surface area contributed by atoms with Crippen LogP contribution in [0.5, 0.6) is 0 Å². The first-order chi connectivity index (χ1) is 8.08.